The Labute approximate surface area is 150 Å². The number of pyridine rings is 1. The van der Waals surface area contributed by atoms with E-state index >= 15 is 0 Å². The summed E-state index contributed by atoms with van der Waals surface area (Å²) in [6.07, 6.45) is 1.22. The van der Waals surface area contributed by atoms with Crippen molar-refractivity contribution in [3.05, 3.63) is 52.7 Å². The monoisotopic (exact) mass is 594 g/mol. The van der Waals surface area contributed by atoms with Crippen LogP contribution in [0.2, 0.25) is 0 Å². The summed E-state index contributed by atoms with van der Waals surface area (Å²) in [6, 6.07) is 6.52. The highest BCUT2D eigenvalue weighted by atomic mass is 127. The predicted octanol–water partition coefficient (Wildman–Crippen LogP) is 4.29. The summed E-state index contributed by atoms with van der Waals surface area (Å²) in [7, 11) is 0. The highest BCUT2D eigenvalue weighted by Gasteiger charge is 2.12. The van der Waals surface area contributed by atoms with Crippen LogP contribution in [0.25, 0.3) is 0 Å². The number of halogens is 4. The van der Waals surface area contributed by atoms with Crippen LogP contribution in [-0.2, 0) is 0 Å². The molecular weight excluding hydrogens is 588 g/mol. The fourth-order valence-electron chi connectivity index (χ4n) is 1.36. The second kappa shape index (κ2) is 6.61. The maximum atomic E-state index is 12.7. The maximum absolute atomic E-state index is 12.7. The van der Waals surface area contributed by atoms with Crippen molar-refractivity contribution in [2.75, 3.05) is 5.32 Å². The lowest BCUT2D eigenvalue weighted by atomic mass is 10.2. The van der Waals surface area contributed by atoms with Gasteiger partial charge >= 0.3 is 0 Å². The minimum atomic E-state index is -0.602. The fourth-order valence-corrected chi connectivity index (χ4v) is 5.21. The van der Waals surface area contributed by atoms with Gasteiger partial charge in [-0.3, -0.25) is 4.79 Å². The third-order valence-electron chi connectivity index (χ3n) is 2.23. The van der Waals surface area contributed by atoms with E-state index in [0.717, 1.165) is 16.4 Å². The van der Waals surface area contributed by atoms with Gasteiger partial charge in [-0.25, -0.2) is 4.98 Å². The Morgan fingerprint density at radius 1 is 1.16 bits per heavy atom. The van der Waals surface area contributed by atoms with Crippen molar-refractivity contribution in [3.8, 4) is 0 Å². The zero-order chi connectivity index (χ0) is 14.0. The van der Waals surface area contributed by atoms with E-state index < -0.39 is 5.95 Å². The Balaban J connectivity index is 2.26. The quantitative estimate of drug-likeness (QED) is 0.417. The van der Waals surface area contributed by atoms with Crippen molar-refractivity contribution in [2.24, 2.45) is 0 Å². The van der Waals surface area contributed by atoms with Crippen LogP contribution < -0.4 is 5.32 Å². The van der Waals surface area contributed by atoms with Crippen LogP contribution in [0.1, 0.15) is 10.4 Å². The molecule has 1 aromatic heterocycles. The van der Waals surface area contributed by atoms with E-state index in [1.54, 1.807) is 0 Å². The molecule has 1 aromatic carbocycles. The van der Waals surface area contributed by atoms with E-state index in [1.807, 2.05) is 12.1 Å². The first-order valence-corrected chi connectivity index (χ1v) is 8.28. The summed E-state index contributed by atoms with van der Waals surface area (Å²) in [5, 5.41) is 2.82. The number of rotatable bonds is 2. The highest BCUT2D eigenvalue weighted by Crippen LogP contribution is 2.27. The minimum absolute atomic E-state index is 0.301. The van der Waals surface area contributed by atoms with E-state index in [1.165, 1.54) is 18.3 Å². The van der Waals surface area contributed by atoms with Gasteiger partial charge in [0.15, 0.2) is 0 Å². The number of amides is 1. The molecule has 0 fully saturated rings. The van der Waals surface area contributed by atoms with Crippen LogP contribution in [-0.4, -0.2) is 10.9 Å². The second-order valence-electron chi connectivity index (χ2n) is 3.57. The number of carbonyl (C=O) groups is 1. The first-order valence-electron chi connectivity index (χ1n) is 5.05. The number of nitrogens with one attached hydrogen (secondary N) is 1. The van der Waals surface area contributed by atoms with Gasteiger partial charge in [0, 0.05) is 16.9 Å². The van der Waals surface area contributed by atoms with Crippen molar-refractivity contribution in [3.63, 3.8) is 0 Å². The molecule has 7 heteroatoms. The molecule has 0 aliphatic rings. The molecule has 0 spiro atoms. The summed E-state index contributed by atoms with van der Waals surface area (Å²) in [4.78, 5) is 15.5. The Morgan fingerprint density at radius 2 is 1.79 bits per heavy atom. The molecule has 19 heavy (non-hydrogen) atoms. The second-order valence-corrected chi connectivity index (χ2v) is 7.14. The first-order chi connectivity index (χ1) is 8.97. The van der Waals surface area contributed by atoms with Crippen LogP contribution in [0, 0.1) is 16.7 Å². The molecule has 1 N–H and O–H groups in total. The van der Waals surface area contributed by atoms with E-state index in [9.17, 15) is 9.18 Å². The molecule has 0 saturated carbocycles. The summed E-state index contributed by atoms with van der Waals surface area (Å²) in [6.45, 7) is 0. The zero-order valence-corrected chi connectivity index (χ0v) is 15.7. The molecule has 3 nitrogen and oxygen atoms in total. The number of carbonyl (C=O) groups excluding carboxylic acids is 1. The van der Waals surface area contributed by atoms with Crippen molar-refractivity contribution in [1.29, 1.82) is 0 Å². The molecule has 0 bridgehead atoms. The van der Waals surface area contributed by atoms with E-state index in [0.29, 0.717) is 5.56 Å². The minimum Gasteiger partial charge on any atom is -0.320 e. The van der Waals surface area contributed by atoms with Crippen molar-refractivity contribution >= 4 is 79.4 Å². The van der Waals surface area contributed by atoms with Crippen LogP contribution in [0.3, 0.4) is 0 Å². The average Bonchev–Trinajstić information content (AvgIpc) is 2.34. The molecule has 98 valence electrons. The van der Waals surface area contributed by atoms with Crippen LogP contribution >= 0.6 is 67.8 Å². The Kier molecular flexibility index (Phi) is 5.34. The van der Waals surface area contributed by atoms with E-state index in [4.69, 9.17) is 0 Å². The summed E-state index contributed by atoms with van der Waals surface area (Å²) in [5.74, 6) is -0.903. The van der Waals surface area contributed by atoms with E-state index in [2.05, 4.69) is 78.1 Å². The highest BCUT2D eigenvalue weighted by molar-refractivity contribution is 14.1. The molecule has 0 saturated heterocycles. The summed E-state index contributed by atoms with van der Waals surface area (Å²) >= 11 is 6.56. The van der Waals surface area contributed by atoms with Gasteiger partial charge in [-0.05, 0) is 92.0 Å². The lowest BCUT2D eigenvalue weighted by Gasteiger charge is -2.10. The Hall–Kier alpha value is -0.0400. The van der Waals surface area contributed by atoms with Crippen LogP contribution in [0.4, 0.5) is 10.1 Å². The predicted molar refractivity (Wildman–Crippen MR) is 96.7 cm³/mol. The van der Waals surface area contributed by atoms with Crippen molar-refractivity contribution in [2.45, 2.75) is 0 Å². The molecule has 0 aliphatic heterocycles. The number of anilines is 1. The molecule has 2 aromatic rings. The van der Waals surface area contributed by atoms with Crippen LogP contribution in [0.15, 0.2) is 30.5 Å². The van der Waals surface area contributed by atoms with Gasteiger partial charge in [-0.1, -0.05) is 0 Å². The van der Waals surface area contributed by atoms with Crippen molar-refractivity contribution < 1.29 is 9.18 Å². The van der Waals surface area contributed by atoms with E-state index in [-0.39, 0.29) is 5.91 Å². The van der Waals surface area contributed by atoms with Gasteiger partial charge < -0.3 is 5.32 Å². The molecule has 0 aliphatic carbocycles. The fraction of sp³-hybridized carbons (Fsp3) is 0. The van der Waals surface area contributed by atoms with Crippen molar-refractivity contribution in [1.82, 2.24) is 4.98 Å². The summed E-state index contributed by atoms with van der Waals surface area (Å²) in [5.41, 5.74) is 1.09. The molecule has 0 unspecified atom stereocenters. The number of hydrogen-bond donors (Lipinski definition) is 1. The normalized spacial score (nSPS) is 10.3. The number of aromatic nitrogens is 1. The number of hydrogen-bond acceptors (Lipinski definition) is 2. The van der Waals surface area contributed by atoms with Gasteiger partial charge in [0.05, 0.1) is 11.3 Å². The summed E-state index contributed by atoms with van der Waals surface area (Å²) < 4.78 is 15.7. The molecule has 1 heterocycles. The van der Waals surface area contributed by atoms with Gasteiger partial charge in [-0.2, -0.15) is 4.39 Å². The average molecular weight is 594 g/mol. The number of benzene rings is 1. The molecule has 1 amide bonds. The maximum Gasteiger partial charge on any atom is 0.257 e. The number of nitrogens with zero attached hydrogens (tertiary/aromatic N) is 1. The largest absolute Gasteiger partial charge is 0.320 e. The molecule has 0 radical (unpaired) electrons. The Bertz CT molecular complexity index is 608. The lowest BCUT2D eigenvalue weighted by Crippen LogP contribution is -2.14. The smallest absolute Gasteiger partial charge is 0.257 e. The van der Waals surface area contributed by atoms with Gasteiger partial charge in [0.2, 0.25) is 5.95 Å². The molecule has 0 atom stereocenters. The van der Waals surface area contributed by atoms with Gasteiger partial charge in [0.25, 0.3) is 5.91 Å². The standard InChI is InChI=1S/C12H6FI3N2O/c13-10-2-1-6(5-17-10)12(19)18-11-8(15)3-7(14)4-9(11)16/h1-5H,(H,18,19). The van der Waals surface area contributed by atoms with Crippen LogP contribution in [0.5, 0.6) is 0 Å². The lowest BCUT2D eigenvalue weighted by molar-refractivity contribution is 0.102. The zero-order valence-electron chi connectivity index (χ0n) is 9.25. The van der Waals surface area contributed by atoms with Gasteiger partial charge in [0.1, 0.15) is 0 Å². The van der Waals surface area contributed by atoms with Gasteiger partial charge in [-0.15, -0.1) is 0 Å². The first kappa shape index (κ1) is 15.4. The molecular formula is C12H6FI3N2O. The molecule has 2 rings (SSSR count). The third kappa shape index (κ3) is 3.97. The SMILES string of the molecule is O=C(Nc1c(I)cc(I)cc1I)c1ccc(F)nc1. The Morgan fingerprint density at radius 3 is 2.32 bits per heavy atom. The topological polar surface area (TPSA) is 42.0 Å². The third-order valence-corrected chi connectivity index (χ3v) is 4.56.